The lowest BCUT2D eigenvalue weighted by atomic mass is 10.1. The fourth-order valence-electron chi connectivity index (χ4n) is 11.7. The van der Waals surface area contributed by atoms with Gasteiger partial charge in [0.1, 0.15) is 55.3 Å². The lowest BCUT2D eigenvalue weighted by molar-refractivity contribution is -0.0465. The highest BCUT2D eigenvalue weighted by Crippen LogP contribution is 2.45. The molecule has 0 aliphatic carbocycles. The summed E-state index contributed by atoms with van der Waals surface area (Å²) in [7, 11) is 0. The van der Waals surface area contributed by atoms with E-state index in [-0.39, 0.29) is 72.1 Å². The maximum absolute atomic E-state index is 12.5. The number of aliphatic hydroxyl groups excluding tert-OH is 5. The molecule has 6 aromatic heterocycles. The number of aromatic amines is 2. The molecule has 6 aromatic rings. The van der Waals surface area contributed by atoms with E-state index < -0.39 is 146 Å². The largest absolute Gasteiger partial charge is 0.469 e. The summed E-state index contributed by atoms with van der Waals surface area (Å²) in [5.41, 5.74) is 2.13. The van der Waals surface area contributed by atoms with E-state index in [0.717, 1.165) is 17.1 Å². The zero-order valence-corrected chi connectivity index (χ0v) is 56.2. The first-order chi connectivity index (χ1) is 46.1. The molecular formula is C54H65Cl6N17O22. The number of nitrogens with zero attached hydrogens (tertiary/aromatic N) is 13. The third-order valence-electron chi connectivity index (χ3n) is 16.4. The summed E-state index contributed by atoms with van der Waals surface area (Å²) in [4.78, 5) is 108. The Labute approximate surface area is 584 Å². The molecule has 20 atom stereocenters. The number of halogens is 6. The molecule has 0 aromatic carbocycles. The van der Waals surface area contributed by atoms with Gasteiger partial charge in [-0.3, -0.25) is 52.0 Å². The van der Waals surface area contributed by atoms with E-state index in [0.29, 0.717) is 18.7 Å². The summed E-state index contributed by atoms with van der Waals surface area (Å²) in [6, 6.07) is 5.11. The molecule has 0 radical (unpaired) electrons. The highest BCUT2D eigenvalue weighted by atomic mass is 35.6. The molecule has 15 heterocycles. The van der Waals surface area contributed by atoms with E-state index in [4.69, 9.17) is 128 Å². The molecule has 0 saturated carbocycles. The average Bonchev–Trinajstić information content (AvgIpc) is 1.63. The Balaban J connectivity index is 0.000000146. The molecule has 5 fully saturated rings. The van der Waals surface area contributed by atoms with Crippen LogP contribution in [-0.2, 0) is 33.2 Å². The van der Waals surface area contributed by atoms with Crippen LogP contribution in [0.2, 0.25) is 0 Å². The van der Waals surface area contributed by atoms with Crippen molar-refractivity contribution in [2.45, 2.75) is 170 Å². The van der Waals surface area contributed by atoms with Gasteiger partial charge >= 0.3 is 29.1 Å². The number of aromatic nitrogens is 13. The molecule has 39 nitrogen and oxygen atoms in total. The number of nitrogens with one attached hydrogen (secondary N) is 2. The van der Waals surface area contributed by atoms with Crippen LogP contribution in [0.15, 0.2) is 118 Å². The number of hydrogen-bond donors (Lipinski definition) is 9. The zero-order chi connectivity index (χ0) is 69.7. The van der Waals surface area contributed by atoms with E-state index in [1.165, 1.54) is 67.8 Å². The minimum absolute atomic E-state index is 0. The van der Waals surface area contributed by atoms with Gasteiger partial charge in [0.25, 0.3) is 29.8 Å². The number of alkyl halides is 6. The summed E-state index contributed by atoms with van der Waals surface area (Å²) in [5.74, 6) is 0.333. The van der Waals surface area contributed by atoms with Crippen LogP contribution < -0.4 is 60.7 Å². The van der Waals surface area contributed by atoms with Crippen LogP contribution in [0.1, 0.15) is 71.2 Å². The summed E-state index contributed by atoms with van der Waals surface area (Å²) < 4.78 is 54.9. The van der Waals surface area contributed by atoms with Crippen LogP contribution in [0.25, 0.3) is 5.82 Å². The third kappa shape index (κ3) is 15.6. The predicted molar refractivity (Wildman–Crippen MR) is 344 cm³/mol. The highest BCUT2D eigenvalue weighted by Gasteiger charge is 2.56. The van der Waals surface area contributed by atoms with Gasteiger partial charge in [0, 0.05) is 55.2 Å². The summed E-state index contributed by atoms with van der Waals surface area (Å²) >= 11 is 35.1. The van der Waals surface area contributed by atoms with Gasteiger partial charge in [-0.1, -0.05) is 90.4 Å². The Hall–Kier alpha value is -7.10. The second-order valence-corrected chi connectivity index (χ2v) is 27.0. The fraction of sp³-hybridized carbons (Fsp3) is 0.556. The van der Waals surface area contributed by atoms with Gasteiger partial charge < -0.3 is 85.5 Å². The summed E-state index contributed by atoms with van der Waals surface area (Å²) in [6.45, 7) is 5.12. The molecule has 45 heteroatoms. The molecule has 0 spiro atoms. The number of aliphatic imine (C=N–C) groups is 2. The monoisotopic (exact) mass is 1510 g/mol. The molecule has 540 valence electrons. The van der Waals surface area contributed by atoms with Gasteiger partial charge in [0.15, 0.2) is 61.4 Å². The molecule has 9 aliphatic heterocycles. The number of fused-ring (bicyclic) bond motifs is 8. The Morgan fingerprint density at radius 1 is 0.515 bits per heavy atom. The van der Waals surface area contributed by atoms with Crippen molar-refractivity contribution in [1.82, 2.24) is 68.7 Å². The first-order valence-electron chi connectivity index (χ1n) is 29.7. The van der Waals surface area contributed by atoms with E-state index >= 15 is 0 Å². The van der Waals surface area contributed by atoms with E-state index in [1.807, 2.05) is 20.8 Å². The topological polar surface area (TPSA) is 547 Å². The Morgan fingerprint density at radius 3 is 1.35 bits per heavy atom. The molecule has 0 bridgehead atoms. The van der Waals surface area contributed by atoms with E-state index in [2.05, 4.69) is 45.0 Å². The van der Waals surface area contributed by atoms with Crippen molar-refractivity contribution < 1.29 is 73.6 Å². The maximum Gasteiger partial charge on any atom is 0.351 e. The molecule has 5 saturated heterocycles. The molecule has 14 N–H and O–H groups in total. The van der Waals surface area contributed by atoms with E-state index in [9.17, 15) is 48.9 Å². The number of H-pyrrole nitrogens is 2. The molecule has 9 aliphatic rings. The predicted octanol–water partition coefficient (Wildman–Crippen LogP) is -2.57. The van der Waals surface area contributed by atoms with Crippen LogP contribution in [0.3, 0.4) is 0 Å². The number of ether oxygens (including phenoxy) is 9. The molecular weight excluding hydrogens is 1450 g/mol. The van der Waals surface area contributed by atoms with Crippen LogP contribution in [0.5, 0.6) is 12.0 Å². The van der Waals surface area contributed by atoms with Crippen LogP contribution in [0, 0.1) is 0 Å². The SMILES string of the molecule is CCC1OC2[C@@H](Oc3nc(=O)ccn32)C1O.CC[C@H]1O[C@@H](n2ccc(-n3cncn3)nc2=O)C2N=C(C(Cl)(Cl)Cl)O[C@H]21.CC[C@H]1O[C@@H](n2ccc(=O)[nH]c2=O)C2N=C(C(Cl)(Cl)Cl)O[C@H]21.N.NC1[C@@H](O)[C@@H](CO)O[C@H]1n1ccc(=O)[nH]c1=O.O.O=c1ccn2c(n1)O[C@H]1C(O)C(CO)OC12. The van der Waals surface area contributed by atoms with Crippen LogP contribution in [0.4, 0.5) is 0 Å². The van der Waals surface area contributed by atoms with Crippen molar-refractivity contribution in [3.05, 3.63) is 147 Å². The number of rotatable bonds is 9. The average molecular weight is 1520 g/mol. The van der Waals surface area contributed by atoms with Gasteiger partial charge in [0.05, 0.1) is 37.6 Å². The minimum Gasteiger partial charge on any atom is -0.469 e. The normalized spacial score (nSPS) is 31.3. The van der Waals surface area contributed by atoms with E-state index in [1.54, 1.807) is 23.0 Å². The summed E-state index contributed by atoms with van der Waals surface area (Å²) in [6.07, 6.45) is 1.86. The van der Waals surface area contributed by atoms with Gasteiger partial charge in [-0.05, 0) is 25.3 Å². The first-order valence-corrected chi connectivity index (χ1v) is 31.9. The number of aliphatic hydroxyl groups is 5. The lowest BCUT2D eigenvalue weighted by Crippen LogP contribution is -2.42. The number of hydrogen-bond acceptors (Lipinski definition) is 30. The molecule has 0 amide bonds. The molecule has 9 unspecified atom stereocenters. The summed E-state index contributed by atoms with van der Waals surface area (Å²) in [5, 5.41) is 51.2. The standard InChI is InChI=1S/C14H13Cl3N6O3.C12H12Cl3N3O4.C10H12N2O4.C9H13N3O5.C9H10N2O5.H3N.H2O/c1-2-7-10-9(21-12(26-10)14(15,16)17)11(25-7)22-4-3-8(20-13(22)24)23-6-18-5-19-23;1-2-5-8-7(17-10(22-8)12(13,14)15)9(21-5)18-4-3-6(19)16-11(18)20;1-2-5-7(14)8-9(15-5)12-4-3-6(13)11-10(12)16-8;10-6-7(15)4(3-13)17-8(6)12-2-1-5(14)11-9(12)16;12-3-4-6(14)7-8(15-4)11-2-1-5(13)10-9(11)16-7;;/h3-7,9-11H,2H2,1H3;3-5,7-9H,2H2,1H3,(H,16,19,20);3-5,7-9,14H,2H2,1H3;1-2,4,6-8,13,15H,3,10H2,(H,11,14,16);1-2,4,6-8,12,14H,3H2;1H3;1H2/t7-,9?,10+,11-;5-,7?,8+,9-;5?,7?,8-,9?;4-,6?,7+,8-;4?,6?,7-,8?;;/m11010../s1. The van der Waals surface area contributed by atoms with Gasteiger partial charge in [-0.25, -0.2) is 34.0 Å². The van der Waals surface area contributed by atoms with Crippen molar-refractivity contribution in [2.75, 3.05) is 13.2 Å². The van der Waals surface area contributed by atoms with Crippen molar-refractivity contribution in [3.63, 3.8) is 0 Å². The number of nitrogens with two attached hydrogens (primary N) is 1. The van der Waals surface area contributed by atoms with Crippen molar-refractivity contribution in [2.24, 2.45) is 15.7 Å². The lowest BCUT2D eigenvalue weighted by Gasteiger charge is -2.19. The van der Waals surface area contributed by atoms with Crippen LogP contribution >= 0.6 is 69.6 Å². The first kappa shape index (κ1) is 76.1. The van der Waals surface area contributed by atoms with Gasteiger partial charge in [-0.2, -0.15) is 20.1 Å². The second-order valence-electron chi connectivity index (χ2n) is 22.4. The maximum atomic E-state index is 12.5. The van der Waals surface area contributed by atoms with Gasteiger partial charge in [0.2, 0.25) is 11.8 Å². The Kier molecular flexibility index (Phi) is 23.8. The Morgan fingerprint density at radius 2 is 0.929 bits per heavy atom. The van der Waals surface area contributed by atoms with Crippen molar-refractivity contribution >= 4 is 81.4 Å². The quantitative estimate of drug-likeness (QED) is 0.0672. The van der Waals surface area contributed by atoms with Crippen molar-refractivity contribution in [1.29, 1.82) is 0 Å². The zero-order valence-electron chi connectivity index (χ0n) is 51.6. The Bertz CT molecular complexity index is 4230. The molecule has 99 heavy (non-hydrogen) atoms. The minimum atomic E-state index is -1.77. The van der Waals surface area contributed by atoms with Crippen LogP contribution in [-0.4, -0.2) is 217 Å². The second kappa shape index (κ2) is 31.0. The highest BCUT2D eigenvalue weighted by molar-refractivity contribution is 6.76. The fourth-order valence-corrected chi connectivity index (χ4v) is 12.3. The van der Waals surface area contributed by atoms with Crippen molar-refractivity contribution in [3.8, 4) is 17.8 Å². The van der Waals surface area contributed by atoms with Gasteiger partial charge in [-0.15, -0.1) is 0 Å². The smallest absolute Gasteiger partial charge is 0.351 e. The third-order valence-corrected chi connectivity index (χ3v) is 17.3. The molecule has 15 rings (SSSR count).